The highest BCUT2D eigenvalue weighted by atomic mass is 35.5. The molecule has 0 aliphatic carbocycles. The first-order chi connectivity index (χ1) is 9.07. The van der Waals surface area contributed by atoms with Crippen molar-refractivity contribution in [3.8, 4) is 0 Å². The number of aliphatic hydroxyl groups is 1. The molecule has 19 heavy (non-hydrogen) atoms. The minimum atomic E-state index is -0.954. The Labute approximate surface area is 118 Å². The van der Waals surface area contributed by atoms with E-state index in [4.69, 9.17) is 11.6 Å². The van der Waals surface area contributed by atoms with Crippen LogP contribution in [0.4, 0.5) is 5.69 Å². The van der Waals surface area contributed by atoms with Gasteiger partial charge in [0, 0.05) is 10.7 Å². The van der Waals surface area contributed by atoms with Crippen molar-refractivity contribution in [2.75, 3.05) is 5.32 Å². The molecule has 2 atom stereocenters. The molecule has 0 spiro atoms. The van der Waals surface area contributed by atoms with Gasteiger partial charge in [-0.3, -0.25) is 0 Å². The zero-order chi connectivity index (χ0) is 13.5. The van der Waals surface area contributed by atoms with Gasteiger partial charge in [-0.1, -0.05) is 41.9 Å². The van der Waals surface area contributed by atoms with E-state index in [1.807, 2.05) is 49.4 Å². The predicted octanol–water partition coefficient (Wildman–Crippen LogP) is 3.58. The van der Waals surface area contributed by atoms with Crippen molar-refractivity contribution in [1.82, 2.24) is 0 Å². The van der Waals surface area contributed by atoms with E-state index in [0.29, 0.717) is 5.02 Å². The van der Waals surface area contributed by atoms with Gasteiger partial charge in [0.1, 0.15) is 5.60 Å². The second kappa shape index (κ2) is 4.55. The van der Waals surface area contributed by atoms with Crippen LogP contribution in [0, 0.1) is 0 Å². The molecule has 2 aromatic carbocycles. The van der Waals surface area contributed by atoms with Crippen LogP contribution in [0.1, 0.15) is 18.1 Å². The van der Waals surface area contributed by atoms with E-state index in [0.717, 1.165) is 17.7 Å². The summed E-state index contributed by atoms with van der Waals surface area (Å²) in [5.41, 5.74) is 2.24. The van der Waals surface area contributed by atoms with E-state index < -0.39 is 5.60 Å². The molecule has 0 radical (unpaired) electrons. The Balaban J connectivity index is 1.91. The SMILES string of the molecule is CC(O)(c1cccc(Cl)c1)C1Cc2ccccc2N1. The lowest BCUT2D eigenvalue weighted by atomic mass is 9.86. The van der Waals surface area contributed by atoms with Crippen molar-refractivity contribution in [2.24, 2.45) is 0 Å². The number of rotatable bonds is 2. The molecule has 1 aliphatic rings. The molecule has 0 saturated carbocycles. The van der Waals surface area contributed by atoms with Crippen molar-refractivity contribution in [3.63, 3.8) is 0 Å². The smallest absolute Gasteiger partial charge is 0.107 e. The predicted molar refractivity (Wildman–Crippen MR) is 78.6 cm³/mol. The first-order valence-corrected chi connectivity index (χ1v) is 6.78. The zero-order valence-electron chi connectivity index (χ0n) is 10.7. The van der Waals surface area contributed by atoms with Crippen LogP contribution < -0.4 is 5.32 Å². The molecule has 0 aromatic heterocycles. The maximum absolute atomic E-state index is 10.9. The first kappa shape index (κ1) is 12.5. The minimum absolute atomic E-state index is 0.0385. The molecule has 2 unspecified atom stereocenters. The van der Waals surface area contributed by atoms with Crippen LogP contribution in [-0.2, 0) is 12.0 Å². The summed E-state index contributed by atoms with van der Waals surface area (Å²) in [4.78, 5) is 0. The average molecular weight is 274 g/mol. The van der Waals surface area contributed by atoms with Gasteiger partial charge < -0.3 is 10.4 Å². The van der Waals surface area contributed by atoms with E-state index >= 15 is 0 Å². The third kappa shape index (κ3) is 2.22. The van der Waals surface area contributed by atoms with Gasteiger partial charge in [0.25, 0.3) is 0 Å². The van der Waals surface area contributed by atoms with Gasteiger partial charge in [-0.2, -0.15) is 0 Å². The highest BCUT2D eigenvalue weighted by Gasteiger charge is 2.37. The van der Waals surface area contributed by atoms with Crippen molar-refractivity contribution in [2.45, 2.75) is 25.0 Å². The van der Waals surface area contributed by atoms with Crippen LogP contribution in [0.5, 0.6) is 0 Å². The molecule has 3 rings (SSSR count). The molecule has 0 amide bonds. The van der Waals surface area contributed by atoms with Gasteiger partial charge in [-0.25, -0.2) is 0 Å². The maximum Gasteiger partial charge on any atom is 0.107 e. The molecular formula is C16H16ClNO. The van der Waals surface area contributed by atoms with Gasteiger partial charge in [0.2, 0.25) is 0 Å². The Morgan fingerprint density at radius 1 is 1.21 bits per heavy atom. The van der Waals surface area contributed by atoms with Gasteiger partial charge in [-0.15, -0.1) is 0 Å². The van der Waals surface area contributed by atoms with Crippen LogP contribution in [0.2, 0.25) is 5.02 Å². The molecule has 0 bridgehead atoms. The van der Waals surface area contributed by atoms with Gasteiger partial charge in [0.05, 0.1) is 6.04 Å². The van der Waals surface area contributed by atoms with Gasteiger partial charge in [-0.05, 0) is 42.7 Å². The molecular weight excluding hydrogens is 258 g/mol. The summed E-state index contributed by atoms with van der Waals surface area (Å²) in [6, 6.07) is 15.6. The van der Waals surface area contributed by atoms with Crippen LogP contribution in [-0.4, -0.2) is 11.1 Å². The molecule has 2 aromatic rings. The molecule has 1 aliphatic heterocycles. The van der Waals surface area contributed by atoms with E-state index in [2.05, 4.69) is 11.4 Å². The number of hydrogen-bond donors (Lipinski definition) is 2. The normalized spacial score (nSPS) is 20.5. The number of fused-ring (bicyclic) bond motifs is 1. The lowest BCUT2D eigenvalue weighted by Crippen LogP contribution is -2.40. The van der Waals surface area contributed by atoms with E-state index in [-0.39, 0.29) is 6.04 Å². The maximum atomic E-state index is 10.9. The second-order valence-corrected chi connectivity index (χ2v) is 5.65. The number of nitrogens with one attached hydrogen (secondary N) is 1. The van der Waals surface area contributed by atoms with E-state index in [1.54, 1.807) is 0 Å². The summed E-state index contributed by atoms with van der Waals surface area (Å²) in [6.45, 7) is 1.84. The molecule has 0 saturated heterocycles. The lowest BCUT2D eigenvalue weighted by Gasteiger charge is -2.31. The summed E-state index contributed by atoms with van der Waals surface area (Å²) in [6.07, 6.45) is 0.815. The number of halogens is 1. The fourth-order valence-corrected chi connectivity index (χ4v) is 2.83. The monoisotopic (exact) mass is 273 g/mol. The average Bonchev–Trinajstić information content (AvgIpc) is 2.83. The summed E-state index contributed by atoms with van der Waals surface area (Å²) in [7, 11) is 0. The second-order valence-electron chi connectivity index (χ2n) is 5.22. The van der Waals surface area contributed by atoms with Crippen molar-refractivity contribution >= 4 is 17.3 Å². The Kier molecular flexibility index (Phi) is 3.00. The van der Waals surface area contributed by atoms with Crippen molar-refractivity contribution in [1.29, 1.82) is 0 Å². The van der Waals surface area contributed by atoms with Crippen LogP contribution in [0.25, 0.3) is 0 Å². The number of para-hydroxylation sites is 1. The molecule has 98 valence electrons. The van der Waals surface area contributed by atoms with Gasteiger partial charge in [0.15, 0.2) is 0 Å². The summed E-state index contributed by atoms with van der Waals surface area (Å²) in [5.74, 6) is 0. The highest BCUT2D eigenvalue weighted by molar-refractivity contribution is 6.30. The third-order valence-corrected chi connectivity index (χ3v) is 4.09. The first-order valence-electron chi connectivity index (χ1n) is 6.40. The summed E-state index contributed by atoms with van der Waals surface area (Å²) >= 11 is 6.02. The molecule has 1 heterocycles. The largest absolute Gasteiger partial charge is 0.383 e. The van der Waals surface area contributed by atoms with Crippen LogP contribution in [0.3, 0.4) is 0 Å². The topological polar surface area (TPSA) is 32.3 Å². The molecule has 0 fully saturated rings. The lowest BCUT2D eigenvalue weighted by molar-refractivity contribution is 0.0381. The quantitative estimate of drug-likeness (QED) is 0.876. The Morgan fingerprint density at radius 2 is 2.00 bits per heavy atom. The fraction of sp³-hybridized carbons (Fsp3) is 0.250. The standard InChI is InChI=1S/C16H16ClNO/c1-16(19,12-6-4-7-13(17)10-12)15-9-11-5-2-3-8-14(11)18-15/h2-8,10,15,18-19H,9H2,1H3. The summed E-state index contributed by atoms with van der Waals surface area (Å²) in [5, 5.41) is 14.9. The Morgan fingerprint density at radius 3 is 2.74 bits per heavy atom. The van der Waals surface area contributed by atoms with Crippen LogP contribution in [0.15, 0.2) is 48.5 Å². The molecule has 3 heteroatoms. The fourth-order valence-electron chi connectivity index (χ4n) is 2.64. The Bertz CT molecular complexity index is 584. The van der Waals surface area contributed by atoms with Crippen molar-refractivity contribution < 1.29 is 5.11 Å². The van der Waals surface area contributed by atoms with Crippen LogP contribution >= 0.6 is 11.6 Å². The number of hydrogen-bond acceptors (Lipinski definition) is 2. The number of benzene rings is 2. The molecule has 2 N–H and O–H groups in total. The Hall–Kier alpha value is -1.51. The third-order valence-electron chi connectivity index (χ3n) is 3.86. The number of anilines is 1. The molecule has 2 nitrogen and oxygen atoms in total. The highest BCUT2D eigenvalue weighted by Crippen LogP contribution is 2.36. The van der Waals surface area contributed by atoms with E-state index in [9.17, 15) is 5.11 Å². The van der Waals surface area contributed by atoms with Gasteiger partial charge >= 0.3 is 0 Å². The van der Waals surface area contributed by atoms with Crippen molar-refractivity contribution in [3.05, 3.63) is 64.7 Å². The summed E-state index contributed by atoms with van der Waals surface area (Å²) < 4.78 is 0. The van der Waals surface area contributed by atoms with E-state index in [1.165, 1.54) is 5.56 Å². The zero-order valence-corrected chi connectivity index (χ0v) is 11.5. The minimum Gasteiger partial charge on any atom is -0.383 e.